The molecule has 0 saturated heterocycles. The van der Waals surface area contributed by atoms with E-state index in [1.54, 1.807) is 6.20 Å². The van der Waals surface area contributed by atoms with Gasteiger partial charge in [0.15, 0.2) is 0 Å². The topological polar surface area (TPSA) is 46.0 Å². The highest BCUT2D eigenvalue weighted by Gasteiger charge is 2.17. The zero-order valence-corrected chi connectivity index (χ0v) is 10.2. The molecule has 1 aromatic carbocycles. The maximum absolute atomic E-state index is 9.46. The van der Waals surface area contributed by atoms with Crippen molar-refractivity contribution in [3.8, 4) is 11.3 Å². The van der Waals surface area contributed by atoms with E-state index in [0.29, 0.717) is 0 Å². The smallest absolute Gasteiger partial charge is 0.0790 e. The van der Waals surface area contributed by atoms with Gasteiger partial charge in [-0.1, -0.05) is 25.1 Å². The molecule has 18 heavy (non-hydrogen) atoms. The normalized spacial score (nSPS) is 11.2. The largest absolute Gasteiger partial charge is 0.392 e. The molecule has 0 amide bonds. The highest BCUT2D eigenvalue weighted by molar-refractivity contribution is 5.99. The second-order valence-corrected chi connectivity index (χ2v) is 4.32. The Labute approximate surface area is 105 Å². The molecule has 0 aliphatic carbocycles. The van der Waals surface area contributed by atoms with E-state index in [9.17, 15) is 5.11 Å². The Bertz CT molecular complexity index is 679. The van der Waals surface area contributed by atoms with Gasteiger partial charge in [0.2, 0.25) is 0 Å². The summed E-state index contributed by atoms with van der Waals surface area (Å²) in [5.74, 6) is 0. The molecule has 0 aromatic heterocycles. The van der Waals surface area contributed by atoms with E-state index >= 15 is 0 Å². The third-order valence-electron chi connectivity index (χ3n) is 3.28. The number of para-hydroxylation sites is 1. The summed E-state index contributed by atoms with van der Waals surface area (Å²) in [5.41, 5.74) is 4.91. The Morgan fingerprint density at radius 3 is 2.67 bits per heavy atom. The van der Waals surface area contributed by atoms with E-state index in [4.69, 9.17) is 0 Å². The highest BCUT2D eigenvalue weighted by Crippen LogP contribution is 2.35. The van der Waals surface area contributed by atoms with Gasteiger partial charge in [0.05, 0.1) is 17.8 Å². The summed E-state index contributed by atoms with van der Waals surface area (Å²) in [6.45, 7) is 2.07. The standard InChI is InChI=1S/C15H14N2O/c1-2-10-7-16-8-11(9-18)15-14(10)12-5-3-4-6-13(12)17-15/h3-8,18H,2,9H2,1H3. The van der Waals surface area contributed by atoms with Gasteiger partial charge < -0.3 is 5.11 Å². The molecule has 0 bridgehead atoms. The number of nitrogens with zero attached hydrogens (tertiary/aromatic N) is 2. The lowest BCUT2D eigenvalue weighted by Crippen LogP contribution is -1.88. The van der Waals surface area contributed by atoms with Gasteiger partial charge in [-0.15, -0.1) is 0 Å². The third kappa shape index (κ3) is 1.56. The zero-order valence-electron chi connectivity index (χ0n) is 10.2. The molecule has 3 nitrogen and oxygen atoms in total. The van der Waals surface area contributed by atoms with Crippen LogP contribution in [0.25, 0.3) is 22.2 Å². The fraction of sp³-hybridized carbons (Fsp3) is 0.200. The molecule has 1 N–H and O–H groups in total. The molecule has 0 saturated carbocycles. The summed E-state index contributed by atoms with van der Waals surface area (Å²) in [6.07, 6.45) is 4.47. The maximum Gasteiger partial charge on any atom is 0.0790 e. The van der Waals surface area contributed by atoms with Crippen molar-refractivity contribution in [1.29, 1.82) is 0 Å². The number of benzene rings is 1. The Morgan fingerprint density at radius 1 is 1.11 bits per heavy atom. The van der Waals surface area contributed by atoms with Crippen LogP contribution in [0.1, 0.15) is 18.1 Å². The first-order valence-electron chi connectivity index (χ1n) is 6.10. The lowest BCUT2D eigenvalue weighted by Gasteiger charge is -2.02. The van der Waals surface area contributed by atoms with E-state index in [2.05, 4.69) is 23.0 Å². The van der Waals surface area contributed by atoms with E-state index in [0.717, 1.165) is 34.1 Å². The van der Waals surface area contributed by atoms with Crippen LogP contribution in [0.3, 0.4) is 0 Å². The Kier molecular flexibility index (Phi) is 2.68. The van der Waals surface area contributed by atoms with Gasteiger partial charge in [0.25, 0.3) is 0 Å². The number of hydrogen-bond donors (Lipinski definition) is 1. The maximum atomic E-state index is 9.46. The number of aromatic nitrogens is 2. The minimum Gasteiger partial charge on any atom is -0.392 e. The van der Waals surface area contributed by atoms with Crippen molar-refractivity contribution in [3.05, 3.63) is 47.8 Å². The number of aliphatic hydroxyl groups is 1. The van der Waals surface area contributed by atoms with E-state index in [1.807, 2.05) is 24.4 Å². The van der Waals surface area contributed by atoms with E-state index in [-0.39, 0.29) is 6.61 Å². The Hall–Kier alpha value is -2.00. The van der Waals surface area contributed by atoms with E-state index in [1.165, 1.54) is 5.56 Å². The molecule has 0 unspecified atom stereocenters. The van der Waals surface area contributed by atoms with Crippen LogP contribution in [0.4, 0.5) is 0 Å². The van der Waals surface area contributed by atoms with Crippen molar-refractivity contribution in [1.82, 2.24) is 9.97 Å². The molecule has 90 valence electrons. The number of aliphatic hydroxyl groups excluding tert-OH is 1. The van der Waals surface area contributed by atoms with Gasteiger partial charge in [0.1, 0.15) is 0 Å². The average molecular weight is 238 g/mol. The predicted octanol–water partition coefficient (Wildman–Crippen LogP) is 2.79. The first kappa shape index (κ1) is 11.1. The van der Waals surface area contributed by atoms with Crippen molar-refractivity contribution in [2.24, 2.45) is 0 Å². The monoisotopic (exact) mass is 238 g/mol. The summed E-state index contributed by atoms with van der Waals surface area (Å²) in [6, 6.07) is 8.08. The molecule has 2 heterocycles. The molecular weight excluding hydrogens is 224 g/mol. The van der Waals surface area contributed by atoms with Crippen LogP contribution in [0, 0.1) is 0 Å². The summed E-state index contributed by atoms with van der Waals surface area (Å²) in [5, 5.41) is 10.6. The van der Waals surface area contributed by atoms with Gasteiger partial charge in [-0.25, -0.2) is 4.98 Å². The first-order chi connectivity index (χ1) is 8.85. The zero-order chi connectivity index (χ0) is 12.5. The van der Waals surface area contributed by atoms with Crippen LogP contribution >= 0.6 is 0 Å². The lowest BCUT2D eigenvalue weighted by atomic mass is 10.0. The summed E-state index contributed by atoms with van der Waals surface area (Å²) in [4.78, 5) is 8.88. The Morgan fingerprint density at radius 2 is 1.89 bits per heavy atom. The SMILES string of the molecule is CCc1cncc(CO)c2nc3ccccc3c1-2. The van der Waals surface area contributed by atoms with Crippen LogP contribution in [0.2, 0.25) is 0 Å². The molecule has 2 aliphatic rings. The van der Waals surface area contributed by atoms with Crippen LogP contribution in [-0.2, 0) is 13.0 Å². The molecule has 2 aliphatic heterocycles. The summed E-state index contributed by atoms with van der Waals surface area (Å²) < 4.78 is 0. The number of fused-ring (bicyclic) bond motifs is 3. The fourth-order valence-electron chi connectivity index (χ4n) is 2.37. The first-order valence-corrected chi connectivity index (χ1v) is 6.10. The van der Waals surface area contributed by atoms with Crippen molar-refractivity contribution in [2.75, 3.05) is 0 Å². The predicted molar refractivity (Wildman–Crippen MR) is 71.5 cm³/mol. The van der Waals surface area contributed by atoms with Gasteiger partial charge in [-0.05, 0) is 18.1 Å². The van der Waals surface area contributed by atoms with Crippen LogP contribution in [0.15, 0.2) is 36.7 Å². The van der Waals surface area contributed by atoms with Crippen molar-refractivity contribution < 1.29 is 5.11 Å². The van der Waals surface area contributed by atoms with Crippen molar-refractivity contribution >= 4 is 10.9 Å². The van der Waals surface area contributed by atoms with E-state index < -0.39 is 0 Å². The second kappa shape index (κ2) is 4.35. The van der Waals surface area contributed by atoms with Gasteiger partial charge in [0, 0.05) is 28.9 Å². The van der Waals surface area contributed by atoms with Crippen molar-refractivity contribution in [3.63, 3.8) is 0 Å². The van der Waals surface area contributed by atoms with Crippen molar-refractivity contribution in [2.45, 2.75) is 20.0 Å². The minimum atomic E-state index is -0.0370. The van der Waals surface area contributed by atoms with Gasteiger partial charge in [-0.2, -0.15) is 0 Å². The number of rotatable bonds is 2. The summed E-state index contributed by atoms with van der Waals surface area (Å²) in [7, 11) is 0. The number of aryl methyl sites for hydroxylation is 1. The Balaban J connectivity index is 2.48. The highest BCUT2D eigenvalue weighted by atomic mass is 16.3. The molecule has 1 aromatic rings. The second-order valence-electron chi connectivity index (χ2n) is 4.32. The quantitative estimate of drug-likeness (QED) is 0.746. The lowest BCUT2D eigenvalue weighted by molar-refractivity contribution is 0.282. The van der Waals surface area contributed by atoms with Crippen LogP contribution < -0.4 is 0 Å². The third-order valence-corrected chi connectivity index (χ3v) is 3.28. The average Bonchev–Trinajstić information content (AvgIpc) is 2.69. The molecular formula is C15H14N2O. The summed E-state index contributed by atoms with van der Waals surface area (Å²) >= 11 is 0. The van der Waals surface area contributed by atoms with Gasteiger partial charge >= 0.3 is 0 Å². The van der Waals surface area contributed by atoms with Crippen LogP contribution in [0.5, 0.6) is 0 Å². The molecule has 0 spiro atoms. The number of hydrogen-bond acceptors (Lipinski definition) is 3. The molecule has 0 radical (unpaired) electrons. The van der Waals surface area contributed by atoms with Gasteiger partial charge in [-0.3, -0.25) is 4.98 Å². The molecule has 3 rings (SSSR count). The molecule has 3 heteroatoms. The molecule has 0 fully saturated rings. The molecule has 0 atom stereocenters. The minimum absolute atomic E-state index is 0.0370. The fourth-order valence-corrected chi connectivity index (χ4v) is 2.37. The van der Waals surface area contributed by atoms with Crippen LogP contribution in [-0.4, -0.2) is 15.1 Å².